The van der Waals surface area contributed by atoms with E-state index in [1.54, 1.807) is 4.31 Å². The summed E-state index contributed by atoms with van der Waals surface area (Å²) in [5.74, 6) is -0.422. The second-order valence-corrected chi connectivity index (χ2v) is 7.70. The van der Waals surface area contributed by atoms with Crippen LogP contribution in [0.2, 0.25) is 0 Å². The number of sulfonamides is 1. The summed E-state index contributed by atoms with van der Waals surface area (Å²) >= 11 is 0. The molecule has 1 aromatic rings. The fourth-order valence-electron chi connectivity index (χ4n) is 2.73. The normalized spacial score (nSPS) is 17.0. The van der Waals surface area contributed by atoms with Crippen molar-refractivity contribution in [3.05, 3.63) is 30.1 Å². The van der Waals surface area contributed by atoms with Crippen molar-refractivity contribution in [3.8, 4) is 0 Å². The molecule has 4 nitrogen and oxygen atoms in total. The zero-order valence-electron chi connectivity index (χ0n) is 12.6. The van der Waals surface area contributed by atoms with Gasteiger partial charge in [0.1, 0.15) is 5.82 Å². The fourth-order valence-corrected chi connectivity index (χ4v) is 4.41. The van der Waals surface area contributed by atoms with Gasteiger partial charge in [-0.2, -0.15) is 4.31 Å². The number of benzene rings is 1. The van der Waals surface area contributed by atoms with Gasteiger partial charge >= 0.3 is 0 Å². The van der Waals surface area contributed by atoms with Crippen molar-refractivity contribution in [2.24, 2.45) is 0 Å². The monoisotopic (exact) mass is 314 g/mol. The fraction of sp³-hybridized carbons (Fsp3) is 0.600. The van der Waals surface area contributed by atoms with E-state index in [2.05, 4.69) is 0 Å². The Bertz CT molecular complexity index is 552. The molecule has 118 valence electrons. The molecule has 0 aromatic heterocycles. The SMILES string of the molecule is CN(C)CCN(C1CCCC1)S(=O)(=O)c1ccc(F)cc1. The number of halogens is 1. The Morgan fingerprint density at radius 2 is 1.67 bits per heavy atom. The maximum Gasteiger partial charge on any atom is 0.243 e. The highest BCUT2D eigenvalue weighted by Gasteiger charge is 2.32. The van der Waals surface area contributed by atoms with Crippen molar-refractivity contribution in [1.82, 2.24) is 9.21 Å². The molecule has 21 heavy (non-hydrogen) atoms. The number of hydrogen-bond donors (Lipinski definition) is 0. The van der Waals surface area contributed by atoms with Gasteiger partial charge in [-0.3, -0.25) is 0 Å². The first-order valence-electron chi connectivity index (χ1n) is 7.33. The van der Waals surface area contributed by atoms with Crippen LogP contribution in [0.25, 0.3) is 0 Å². The maximum absolute atomic E-state index is 13.0. The van der Waals surface area contributed by atoms with Crippen LogP contribution in [0.3, 0.4) is 0 Å². The first-order valence-corrected chi connectivity index (χ1v) is 8.77. The lowest BCUT2D eigenvalue weighted by molar-refractivity contribution is 0.282. The predicted molar refractivity (Wildman–Crippen MR) is 81.1 cm³/mol. The van der Waals surface area contributed by atoms with Gasteiger partial charge in [0.05, 0.1) is 4.90 Å². The Morgan fingerprint density at radius 1 is 1.10 bits per heavy atom. The lowest BCUT2D eigenvalue weighted by atomic mass is 10.2. The van der Waals surface area contributed by atoms with Gasteiger partial charge in [0.2, 0.25) is 10.0 Å². The number of likely N-dealkylation sites (N-methyl/N-ethyl adjacent to an activating group) is 1. The van der Waals surface area contributed by atoms with E-state index in [-0.39, 0.29) is 10.9 Å². The molecule has 0 aliphatic heterocycles. The summed E-state index contributed by atoms with van der Waals surface area (Å²) in [5, 5.41) is 0. The number of hydrogen-bond acceptors (Lipinski definition) is 3. The van der Waals surface area contributed by atoms with E-state index in [0.717, 1.165) is 25.7 Å². The lowest BCUT2D eigenvalue weighted by Crippen LogP contribution is -2.42. The Morgan fingerprint density at radius 3 is 2.19 bits per heavy atom. The molecule has 0 unspecified atom stereocenters. The van der Waals surface area contributed by atoms with E-state index < -0.39 is 15.8 Å². The third-order valence-corrected chi connectivity index (χ3v) is 5.89. The highest BCUT2D eigenvalue weighted by molar-refractivity contribution is 7.89. The minimum Gasteiger partial charge on any atom is -0.308 e. The third-order valence-electron chi connectivity index (χ3n) is 3.92. The Hall–Kier alpha value is -0.980. The zero-order chi connectivity index (χ0) is 15.5. The van der Waals surface area contributed by atoms with Crippen molar-refractivity contribution in [2.75, 3.05) is 27.2 Å². The van der Waals surface area contributed by atoms with Crippen LogP contribution in [0.4, 0.5) is 4.39 Å². The molecule has 0 radical (unpaired) electrons. The van der Waals surface area contributed by atoms with Crippen molar-refractivity contribution in [3.63, 3.8) is 0 Å². The van der Waals surface area contributed by atoms with Crippen LogP contribution < -0.4 is 0 Å². The molecular weight excluding hydrogens is 291 g/mol. The molecule has 0 bridgehead atoms. The van der Waals surface area contributed by atoms with Gasteiger partial charge in [-0.15, -0.1) is 0 Å². The average molecular weight is 314 g/mol. The standard InChI is InChI=1S/C15H23FN2O2S/c1-17(2)11-12-18(14-5-3-4-6-14)21(19,20)15-9-7-13(16)8-10-15/h7-10,14H,3-6,11-12H2,1-2H3. The summed E-state index contributed by atoms with van der Waals surface area (Å²) in [6, 6.07) is 5.17. The van der Waals surface area contributed by atoms with Crippen LogP contribution in [0.15, 0.2) is 29.2 Å². The lowest BCUT2D eigenvalue weighted by Gasteiger charge is -2.29. The number of rotatable bonds is 6. The molecule has 0 atom stereocenters. The molecule has 0 amide bonds. The molecule has 6 heteroatoms. The summed E-state index contributed by atoms with van der Waals surface area (Å²) in [6.45, 7) is 1.15. The van der Waals surface area contributed by atoms with E-state index in [4.69, 9.17) is 0 Å². The Kier molecular flexibility index (Phi) is 5.35. The summed E-state index contributed by atoms with van der Waals surface area (Å²) in [4.78, 5) is 2.15. The van der Waals surface area contributed by atoms with Crippen LogP contribution in [0.5, 0.6) is 0 Å². The van der Waals surface area contributed by atoms with Gasteiger partial charge < -0.3 is 4.90 Å². The van der Waals surface area contributed by atoms with Gasteiger partial charge in [-0.1, -0.05) is 12.8 Å². The van der Waals surface area contributed by atoms with E-state index in [0.29, 0.717) is 13.1 Å². The second-order valence-electron chi connectivity index (χ2n) is 5.81. The molecule has 1 fully saturated rings. The molecule has 1 saturated carbocycles. The van der Waals surface area contributed by atoms with Crippen LogP contribution in [0, 0.1) is 5.82 Å². The van der Waals surface area contributed by atoms with Gasteiger partial charge in [-0.05, 0) is 51.2 Å². The van der Waals surface area contributed by atoms with E-state index in [9.17, 15) is 12.8 Å². The Balaban J connectivity index is 2.26. The highest BCUT2D eigenvalue weighted by Crippen LogP contribution is 2.28. The first-order chi connectivity index (χ1) is 9.91. The molecular formula is C15H23FN2O2S. The molecule has 0 N–H and O–H groups in total. The summed E-state index contributed by atoms with van der Waals surface area (Å²) in [6.07, 6.45) is 3.96. The second kappa shape index (κ2) is 6.85. The number of nitrogens with zero attached hydrogens (tertiary/aromatic N) is 2. The van der Waals surface area contributed by atoms with Crippen LogP contribution in [-0.2, 0) is 10.0 Å². The molecule has 0 heterocycles. The van der Waals surface area contributed by atoms with Gasteiger partial charge in [0, 0.05) is 19.1 Å². The minimum atomic E-state index is -3.56. The topological polar surface area (TPSA) is 40.6 Å². The van der Waals surface area contributed by atoms with E-state index in [1.807, 2.05) is 19.0 Å². The molecule has 2 rings (SSSR count). The van der Waals surface area contributed by atoms with Gasteiger partial charge in [-0.25, -0.2) is 12.8 Å². The van der Waals surface area contributed by atoms with Crippen LogP contribution in [0.1, 0.15) is 25.7 Å². The molecule has 0 saturated heterocycles. The average Bonchev–Trinajstić information content (AvgIpc) is 2.92. The van der Waals surface area contributed by atoms with Crippen molar-refractivity contribution >= 4 is 10.0 Å². The maximum atomic E-state index is 13.0. The third kappa shape index (κ3) is 4.02. The van der Waals surface area contributed by atoms with Crippen LogP contribution >= 0.6 is 0 Å². The largest absolute Gasteiger partial charge is 0.308 e. The van der Waals surface area contributed by atoms with E-state index in [1.165, 1.54) is 24.3 Å². The smallest absolute Gasteiger partial charge is 0.243 e. The van der Waals surface area contributed by atoms with Crippen LogP contribution in [-0.4, -0.2) is 50.8 Å². The van der Waals surface area contributed by atoms with Gasteiger partial charge in [0.15, 0.2) is 0 Å². The Labute approximate surface area is 126 Å². The molecule has 1 aromatic carbocycles. The summed E-state index contributed by atoms with van der Waals surface area (Å²) < 4.78 is 40.3. The minimum absolute atomic E-state index is 0.0694. The summed E-state index contributed by atoms with van der Waals surface area (Å²) in [5.41, 5.74) is 0. The molecule has 1 aliphatic rings. The summed E-state index contributed by atoms with van der Waals surface area (Å²) in [7, 11) is 0.299. The van der Waals surface area contributed by atoms with E-state index >= 15 is 0 Å². The van der Waals surface area contributed by atoms with Gasteiger partial charge in [0.25, 0.3) is 0 Å². The molecule has 0 spiro atoms. The zero-order valence-corrected chi connectivity index (χ0v) is 13.4. The first kappa shape index (κ1) is 16.4. The predicted octanol–water partition coefficient (Wildman–Crippen LogP) is 2.32. The molecule has 1 aliphatic carbocycles. The van der Waals surface area contributed by atoms with Crippen molar-refractivity contribution < 1.29 is 12.8 Å². The highest BCUT2D eigenvalue weighted by atomic mass is 32.2. The van der Waals surface area contributed by atoms with Crippen molar-refractivity contribution in [1.29, 1.82) is 0 Å². The van der Waals surface area contributed by atoms with Crippen molar-refractivity contribution in [2.45, 2.75) is 36.6 Å². The quantitative estimate of drug-likeness (QED) is 0.809.